The van der Waals surface area contributed by atoms with E-state index in [4.69, 9.17) is 14.2 Å². The largest absolute Gasteiger partial charge is 0.493 e. The predicted molar refractivity (Wildman–Crippen MR) is 141 cm³/mol. The van der Waals surface area contributed by atoms with E-state index in [1.54, 1.807) is 50.3 Å². The minimum Gasteiger partial charge on any atom is -0.493 e. The molecule has 3 amide bonds. The molecule has 200 valence electrons. The Morgan fingerprint density at radius 1 is 1.00 bits per heavy atom. The third kappa shape index (κ3) is 7.62. The Labute approximate surface area is 218 Å². The Hall–Kier alpha value is -3.75. The number of likely N-dealkylation sites (tertiary alicyclic amines) is 1. The Kier molecular flexibility index (Phi) is 10.2. The summed E-state index contributed by atoms with van der Waals surface area (Å²) in [5.41, 5.74) is 1.86. The van der Waals surface area contributed by atoms with Gasteiger partial charge in [0.2, 0.25) is 5.91 Å². The molecule has 0 aliphatic carbocycles. The molecule has 1 heterocycles. The number of hydrogen-bond donors (Lipinski definition) is 2. The number of nitrogens with zero attached hydrogens (tertiary/aromatic N) is 1. The monoisotopic (exact) mass is 511 g/mol. The van der Waals surface area contributed by atoms with Gasteiger partial charge >= 0.3 is 12.0 Å². The zero-order chi connectivity index (χ0) is 26.8. The summed E-state index contributed by atoms with van der Waals surface area (Å²) in [6.45, 7) is 5.67. The van der Waals surface area contributed by atoms with E-state index in [1.165, 1.54) is 0 Å². The van der Waals surface area contributed by atoms with Gasteiger partial charge in [0.05, 0.1) is 26.4 Å². The summed E-state index contributed by atoms with van der Waals surface area (Å²) in [6, 6.07) is 12.1. The molecule has 2 atom stereocenters. The molecular formula is C28H37N3O6. The average Bonchev–Trinajstić information content (AvgIpc) is 2.92. The van der Waals surface area contributed by atoms with Crippen molar-refractivity contribution in [2.45, 2.75) is 39.7 Å². The molecule has 1 aliphatic heterocycles. The van der Waals surface area contributed by atoms with Gasteiger partial charge in [0.25, 0.3) is 0 Å². The number of piperidine rings is 1. The van der Waals surface area contributed by atoms with Crippen molar-refractivity contribution in [2.24, 2.45) is 11.8 Å². The lowest BCUT2D eigenvalue weighted by Gasteiger charge is -2.38. The molecule has 2 aromatic rings. The lowest BCUT2D eigenvalue weighted by molar-refractivity contribution is -0.123. The minimum absolute atomic E-state index is 0.00748. The SMILES string of the molecule is CCOC(=O)c1cccc(NC(=O)N2CCC(CC(=O)NCc3ccc(OC)c(OC)c3)C(CC)C2)c1. The van der Waals surface area contributed by atoms with Crippen molar-refractivity contribution < 1.29 is 28.6 Å². The topological polar surface area (TPSA) is 106 Å². The molecule has 2 aromatic carbocycles. The fraction of sp³-hybridized carbons (Fsp3) is 0.464. The van der Waals surface area contributed by atoms with Gasteiger partial charge in [-0.15, -0.1) is 0 Å². The molecule has 2 unspecified atom stereocenters. The number of anilines is 1. The van der Waals surface area contributed by atoms with Crippen molar-refractivity contribution in [2.75, 3.05) is 39.2 Å². The lowest BCUT2D eigenvalue weighted by Crippen LogP contribution is -2.46. The molecule has 9 heteroatoms. The molecule has 0 bridgehead atoms. The van der Waals surface area contributed by atoms with Gasteiger partial charge < -0.3 is 29.7 Å². The third-order valence-corrected chi connectivity index (χ3v) is 6.71. The Bertz CT molecular complexity index is 1090. The van der Waals surface area contributed by atoms with Crippen molar-refractivity contribution in [1.29, 1.82) is 0 Å². The molecule has 1 saturated heterocycles. The van der Waals surface area contributed by atoms with Gasteiger partial charge in [-0.05, 0) is 61.1 Å². The van der Waals surface area contributed by atoms with Gasteiger partial charge in [-0.25, -0.2) is 9.59 Å². The van der Waals surface area contributed by atoms with E-state index in [-0.39, 0.29) is 30.4 Å². The van der Waals surface area contributed by atoms with E-state index >= 15 is 0 Å². The molecule has 1 aliphatic rings. The van der Waals surface area contributed by atoms with Crippen molar-refractivity contribution in [1.82, 2.24) is 10.2 Å². The summed E-state index contributed by atoms with van der Waals surface area (Å²) in [6.07, 6.45) is 2.04. The van der Waals surface area contributed by atoms with Crippen LogP contribution in [0.15, 0.2) is 42.5 Å². The number of benzene rings is 2. The van der Waals surface area contributed by atoms with Crippen molar-refractivity contribution >= 4 is 23.6 Å². The van der Waals surface area contributed by atoms with E-state index in [1.807, 2.05) is 18.2 Å². The van der Waals surface area contributed by atoms with Crippen LogP contribution in [-0.2, 0) is 16.1 Å². The number of carbonyl (C=O) groups excluding carboxylic acids is 3. The van der Waals surface area contributed by atoms with Crippen LogP contribution in [-0.4, -0.2) is 56.7 Å². The van der Waals surface area contributed by atoms with Crippen LogP contribution in [0.25, 0.3) is 0 Å². The summed E-state index contributed by atoms with van der Waals surface area (Å²) in [4.78, 5) is 39.4. The van der Waals surface area contributed by atoms with Crippen LogP contribution < -0.4 is 20.1 Å². The molecule has 0 saturated carbocycles. The molecule has 0 spiro atoms. The highest BCUT2D eigenvalue weighted by molar-refractivity contribution is 5.94. The van der Waals surface area contributed by atoms with Crippen molar-refractivity contribution in [3.63, 3.8) is 0 Å². The minimum atomic E-state index is -0.421. The first-order valence-corrected chi connectivity index (χ1v) is 12.7. The molecule has 0 aromatic heterocycles. The van der Waals surface area contributed by atoms with E-state index in [0.29, 0.717) is 48.8 Å². The number of urea groups is 1. The van der Waals surface area contributed by atoms with Gasteiger partial charge in [0.15, 0.2) is 11.5 Å². The van der Waals surface area contributed by atoms with Crippen LogP contribution in [0.3, 0.4) is 0 Å². The Balaban J connectivity index is 1.51. The molecule has 1 fully saturated rings. The fourth-order valence-electron chi connectivity index (χ4n) is 4.64. The number of hydrogen-bond acceptors (Lipinski definition) is 6. The smallest absolute Gasteiger partial charge is 0.338 e. The Morgan fingerprint density at radius 2 is 1.78 bits per heavy atom. The maximum atomic E-state index is 12.9. The van der Waals surface area contributed by atoms with Gasteiger partial charge in [0.1, 0.15) is 0 Å². The van der Waals surface area contributed by atoms with Crippen molar-refractivity contribution in [3.05, 3.63) is 53.6 Å². The number of carbonyl (C=O) groups is 3. The standard InChI is InChI=1S/C28H37N3O6/c1-5-20-18-31(28(34)30-23-9-7-8-22(15-23)27(33)37-6-2)13-12-21(20)16-26(32)29-17-19-10-11-24(35-3)25(14-19)36-4/h7-11,14-15,20-21H,5-6,12-13,16-18H2,1-4H3,(H,29,32)(H,30,34). The first kappa shape index (κ1) is 27.8. The van der Waals surface area contributed by atoms with E-state index in [2.05, 4.69) is 17.6 Å². The number of rotatable bonds is 10. The van der Waals surface area contributed by atoms with E-state index < -0.39 is 5.97 Å². The van der Waals surface area contributed by atoms with Gasteiger partial charge in [-0.3, -0.25) is 4.79 Å². The van der Waals surface area contributed by atoms with E-state index in [0.717, 1.165) is 18.4 Å². The fourth-order valence-corrected chi connectivity index (χ4v) is 4.64. The van der Waals surface area contributed by atoms with Crippen LogP contribution in [0, 0.1) is 11.8 Å². The molecule has 9 nitrogen and oxygen atoms in total. The van der Waals surface area contributed by atoms with Gasteiger partial charge in [0, 0.05) is 31.7 Å². The zero-order valence-electron chi connectivity index (χ0n) is 22.0. The van der Waals surface area contributed by atoms with Crippen LogP contribution in [0.5, 0.6) is 11.5 Å². The first-order chi connectivity index (χ1) is 17.9. The summed E-state index contributed by atoms with van der Waals surface area (Å²) < 4.78 is 15.6. The lowest BCUT2D eigenvalue weighted by atomic mass is 9.81. The van der Waals surface area contributed by atoms with Crippen molar-refractivity contribution in [3.8, 4) is 11.5 Å². The highest BCUT2D eigenvalue weighted by atomic mass is 16.5. The maximum absolute atomic E-state index is 12.9. The molecule has 37 heavy (non-hydrogen) atoms. The predicted octanol–water partition coefficient (Wildman–Crippen LogP) is 4.47. The first-order valence-electron chi connectivity index (χ1n) is 12.7. The van der Waals surface area contributed by atoms with Gasteiger partial charge in [-0.1, -0.05) is 25.5 Å². The number of esters is 1. The second kappa shape index (κ2) is 13.5. The number of nitrogens with one attached hydrogen (secondary N) is 2. The summed E-state index contributed by atoms with van der Waals surface area (Å²) in [7, 11) is 3.17. The molecular weight excluding hydrogens is 474 g/mol. The molecule has 0 radical (unpaired) electrons. The number of amides is 3. The second-order valence-electron chi connectivity index (χ2n) is 9.06. The second-order valence-corrected chi connectivity index (χ2v) is 9.06. The zero-order valence-corrected chi connectivity index (χ0v) is 22.0. The normalized spacial score (nSPS) is 17.0. The summed E-state index contributed by atoms with van der Waals surface area (Å²) in [5.74, 6) is 1.26. The van der Waals surface area contributed by atoms with Crippen LogP contribution in [0.2, 0.25) is 0 Å². The average molecular weight is 512 g/mol. The highest BCUT2D eigenvalue weighted by Gasteiger charge is 2.31. The number of ether oxygens (including phenoxy) is 3. The van der Waals surface area contributed by atoms with Gasteiger partial charge in [-0.2, -0.15) is 0 Å². The Morgan fingerprint density at radius 3 is 2.49 bits per heavy atom. The number of methoxy groups -OCH3 is 2. The third-order valence-electron chi connectivity index (χ3n) is 6.71. The maximum Gasteiger partial charge on any atom is 0.338 e. The summed E-state index contributed by atoms with van der Waals surface area (Å²) >= 11 is 0. The van der Waals surface area contributed by atoms with E-state index in [9.17, 15) is 14.4 Å². The van der Waals surface area contributed by atoms with Crippen LogP contribution in [0.1, 0.15) is 49.0 Å². The van der Waals surface area contributed by atoms with Crippen LogP contribution in [0.4, 0.5) is 10.5 Å². The highest BCUT2D eigenvalue weighted by Crippen LogP contribution is 2.30. The quantitative estimate of drug-likeness (QED) is 0.456. The molecule has 3 rings (SSSR count). The summed E-state index contributed by atoms with van der Waals surface area (Å²) in [5, 5.41) is 5.89. The molecule has 2 N–H and O–H groups in total. The van der Waals surface area contributed by atoms with Crippen LogP contribution >= 0.6 is 0 Å².